The molecule has 0 saturated heterocycles. The van der Waals surface area contributed by atoms with E-state index in [1.165, 1.54) is 0 Å². The summed E-state index contributed by atoms with van der Waals surface area (Å²) in [4.78, 5) is 23.2. The first-order chi connectivity index (χ1) is 9.67. The minimum absolute atomic E-state index is 0.267. The van der Waals surface area contributed by atoms with E-state index in [-0.39, 0.29) is 11.8 Å². The van der Waals surface area contributed by atoms with Crippen LogP contribution in [-0.2, 0) is 9.59 Å². The lowest BCUT2D eigenvalue weighted by Gasteiger charge is -2.30. The molecule has 0 aromatic heterocycles. The summed E-state index contributed by atoms with van der Waals surface area (Å²) < 4.78 is 0. The van der Waals surface area contributed by atoms with Crippen molar-refractivity contribution in [2.24, 2.45) is 0 Å². The van der Waals surface area contributed by atoms with Crippen molar-refractivity contribution in [3.05, 3.63) is 69.8 Å². The molecule has 1 aliphatic carbocycles. The van der Waals surface area contributed by atoms with Gasteiger partial charge in [-0.3, -0.25) is 0 Å². The van der Waals surface area contributed by atoms with Gasteiger partial charge >= 0.3 is 0 Å². The van der Waals surface area contributed by atoms with Crippen molar-refractivity contribution in [3.63, 3.8) is 0 Å². The van der Waals surface area contributed by atoms with Gasteiger partial charge < -0.3 is 9.59 Å². The molecule has 2 unspecified atom stereocenters. The fourth-order valence-electron chi connectivity index (χ4n) is 3.11. The predicted octanol–water partition coefficient (Wildman–Crippen LogP) is 3.28. The SMILES string of the molecule is Cc1cc2c(cc1C)C(C=O)c1ccccc1C2C=O. The third-order valence-corrected chi connectivity index (χ3v) is 4.31. The number of aldehydes is 2. The molecule has 0 heterocycles. The fraction of sp³-hybridized carbons (Fsp3) is 0.222. The van der Waals surface area contributed by atoms with E-state index >= 15 is 0 Å². The van der Waals surface area contributed by atoms with Crippen LogP contribution in [0.25, 0.3) is 0 Å². The number of hydrogen-bond acceptors (Lipinski definition) is 2. The number of hydrogen-bond donors (Lipinski definition) is 0. The van der Waals surface area contributed by atoms with Crippen LogP contribution in [0.4, 0.5) is 0 Å². The summed E-state index contributed by atoms with van der Waals surface area (Å²) in [5.74, 6) is -0.534. The molecular weight excluding hydrogens is 248 g/mol. The standard InChI is InChI=1S/C18H16O2/c1-11-7-15-16(8-12(11)2)18(10-20)14-6-4-3-5-13(14)17(15)9-19/h3-10,17-18H,1-2H3. The minimum atomic E-state index is -0.267. The summed E-state index contributed by atoms with van der Waals surface area (Å²) >= 11 is 0. The highest BCUT2D eigenvalue weighted by molar-refractivity contribution is 5.80. The molecule has 0 spiro atoms. The summed E-state index contributed by atoms with van der Waals surface area (Å²) in [6, 6.07) is 11.8. The Morgan fingerprint density at radius 1 is 0.750 bits per heavy atom. The Bertz CT molecular complexity index is 641. The number of carbonyl (C=O) groups excluding carboxylic acids is 2. The van der Waals surface area contributed by atoms with Gasteiger partial charge in [0.05, 0.1) is 11.8 Å². The molecule has 0 saturated carbocycles. The smallest absolute Gasteiger partial charge is 0.131 e. The number of benzene rings is 2. The predicted molar refractivity (Wildman–Crippen MR) is 78.2 cm³/mol. The summed E-state index contributed by atoms with van der Waals surface area (Å²) in [7, 11) is 0. The van der Waals surface area contributed by atoms with E-state index in [1.807, 2.05) is 38.1 Å². The van der Waals surface area contributed by atoms with E-state index in [0.29, 0.717) is 0 Å². The van der Waals surface area contributed by atoms with Crippen molar-refractivity contribution in [1.82, 2.24) is 0 Å². The van der Waals surface area contributed by atoms with Crippen molar-refractivity contribution in [2.45, 2.75) is 25.7 Å². The molecule has 0 bridgehead atoms. The molecule has 1 aliphatic rings. The van der Waals surface area contributed by atoms with Crippen LogP contribution in [0, 0.1) is 13.8 Å². The van der Waals surface area contributed by atoms with Gasteiger partial charge in [0.15, 0.2) is 0 Å². The van der Waals surface area contributed by atoms with Crippen molar-refractivity contribution in [1.29, 1.82) is 0 Å². The number of aryl methyl sites for hydroxylation is 2. The first-order valence-electron chi connectivity index (χ1n) is 6.77. The molecule has 2 nitrogen and oxygen atoms in total. The highest BCUT2D eigenvalue weighted by atomic mass is 16.1. The van der Waals surface area contributed by atoms with E-state index in [0.717, 1.165) is 46.0 Å². The maximum absolute atomic E-state index is 11.6. The van der Waals surface area contributed by atoms with Gasteiger partial charge in [-0.2, -0.15) is 0 Å². The Kier molecular flexibility index (Phi) is 3.01. The first kappa shape index (κ1) is 12.8. The molecule has 20 heavy (non-hydrogen) atoms. The third-order valence-electron chi connectivity index (χ3n) is 4.31. The molecule has 0 aliphatic heterocycles. The van der Waals surface area contributed by atoms with Crippen LogP contribution in [0.5, 0.6) is 0 Å². The number of fused-ring (bicyclic) bond motifs is 2. The lowest BCUT2D eigenvalue weighted by atomic mass is 9.72. The van der Waals surface area contributed by atoms with E-state index in [2.05, 4.69) is 12.1 Å². The number of rotatable bonds is 2. The van der Waals surface area contributed by atoms with E-state index < -0.39 is 0 Å². The van der Waals surface area contributed by atoms with E-state index in [1.54, 1.807) is 0 Å². The quantitative estimate of drug-likeness (QED) is 0.780. The molecule has 2 heteroatoms. The van der Waals surface area contributed by atoms with Crippen LogP contribution >= 0.6 is 0 Å². The van der Waals surface area contributed by atoms with Crippen molar-refractivity contribution < 1.29 is 9.59 Å². The second kappa shape index (κ2) is 4.71. The lowest BCUT2D eigenvalue weighted by Crippen LogP contribution is -2.20. The average Bonchev–Trinajstić information content (AvgIpc) is 2.46. The second-order valence-electron chi connectivity index (χ2n) is 5.42. The van der Waals surface area contributed by atoms with Crippen LogP contribution < -0.4 is 0 Å². The van der Waals surface area contributed by atoms with Gasteiger partial charge in [0.2, 0.25) is 0 Å². The van der Waals surface area contributed by atoms with Crippen LogP contribution in [0.3, 0.4) is 0 Å². The largest absolute Gasteiger partial charge is 0.302 e. The molecule has 0 N–H and O–H groups in total. The average molecular weight is 264 g/mol. The third kappa shape index (κ3) is 1.72. The first-order valence-corrected chi connectivity index (χ1v) is 6.77. The molecule has 3 rings (SSSR count). The Labute approximate surface area is 118 Å². The second-order valence-corrected chi connectivity index (χ2v) is 5.42. The van der Waals surface area contributed by atoms with Crippen molar-refractivity contribution in [3.8, 4) is 0 Å². The van der Waals surface area contributed by atoms with Crippen LogP contribution in [0.1, 0.15) is 45.2 Å². The highest BCUT2D eigenvalue weighted by Gasteiger charge is 2.31. The van der Waals surface area contributed by atoms with Gasteiger partial charge in [0, 0.05) is 0 Å². The molecular formula is C18H16O2. The molecule has 2 atom stereocenters. The maximum Gasteiger partial charge on any atom is 0.131 e. The Balaban J connectivity index is 2.33. The zero-order valence-corrected chi connectivity index (χ0v) is 11.6. The zero-order chi connectivity index (χ0) is 14.3. The van der Waals surface area contributed by atoms with Crippen LogP contribution in [-0.4, -0.2) is 12.6 Å². The van der Waals surface area contributed by atoms with Gasteiger partial charge in [0.25, 0.3) is 0 Å². The number of carbonyl (C=O) groups is 2. The molecule has 100 valence electrons. The Hall–Kier alpha value is -2.22. The Morgan fingerprint density at radius 3 is 1.50 bits per heavy atom. The zero-order valence-electron chi connectivity index (χ0n) is 11.6. The van der Waals surface area contributed by atoms with Crippen LogP contribution in [0.15, 0.2) is 36.4 Å². The summed E-state index contributed by atoms with van der Waals surface area (Å²) in [6.45, 7) is 4.07. The Morgan fingerprint density at radius 2 is 1.15 bits per heavy atom. The maximum atomic E-state index is 11.6. The minimum Gasteiger partial charge on any atom is -0.302 e. The normalized spacial score (nSPS) is 19.9. The highest BCUT2D eigenvalue weighted by Crippen LogP contribution is 2.42. The molecule has 2 aromatic rings. The lowest BCUT2D eigenvalue weighted by molar-refractivity contribution is -0.109. The summed E-state index contributed by atoms with van der Waals surface area (Å²) in [5.41, 5.74) is 6.16. The van der Waals surface area contributed by atoms with Gasteiger partial charge in [0.1, 0.15) is 12.6 Å². The van der Waals surface area contributed by atoms with Gasteiger partial charge in [-0.15, -0.1) is 0 Å². The summed E-state index contributed by atoms with van der Waals surface area (Å²) in [5, 5.41) is 0. The molecule has 0 radical (unpaired) electrons. The fourth-order valence-corrected chi connectivity index (χ4v) is 3.11. The van der Waals surface area contributed by atoms with E-state index in [9.17, 15) is 9.59 Å². The van der Waals surface area contributed by atoms with Crippen molar-refractivity contribution >= 4 is 12.6 Å². The summed E-state index contributed by atoms with van der Waals surface area (Å²) in [6.07, 6.45) is 1.96. The van der Waals surface area contributed by atoms with Gasteiger partial charge in [-0.1, -0.05) is 36.4 Å². The topological polar surface area (TPSA) is 34.1 Å². The van der Waals surface area contributed by atoms with Gasteiger partial charge in [-0.25, -0.2) is 0 Å². The van der Waals surface area contributed by atoms with E-state index in [4.69, 9.17) is 0 Å². The van der Waals surface area contributed by atoms with Crippen molar-refractivity contribution in [2.75, 3.05) is 0 Å². The van der Waals surface area contributed by atoms with Crippen LogP contribution in [0.2, 0.25) is 0 Å². The molecule has 2 aromatic carbocycles. The molecule has 0 amide bonds. The van der Waals surface area contributed by atoms with Gasteiger partial charge in [-0.05, 0) is 47.2 Å². The molecule has 0 fully saturated rings. The monoisotopic (exact) mass is 264 g/mol.